The van der Waals surface area contributed by atoms with E-state index >= 15 is 0 Å². The molecule has 0 radical (unpaired) electrons. The summed E-state index contributed by atoms with van der Waals surface area (Å²) >= 11 is 0. The maximum absolute atomic E-state index is 13.8. The Kier molecular flexibility index (Phi) is 39.2. The normalized spacial score (nSPS) is 14.0. The van der Waals surface area contributed by atoms with Gasteiger partial charge in [-0.1, -0.05) is 182 Å². The van der Waals surface area contributed by atoms with Gasteiger partial charge in [0.1, 0.15) is 0 Å². The van der Waals surface area contributed by atoms with E-state index < -0.39 is 5.97 Å². The predicted octanol–water partition coefficient (Wildman–Crippen LogP) is 13.9. The Hall–Kier alpha value is -1.14. The lowest BCUT2D eigenvalue weighted by Crippen LogP contribution is -2.31. The number of aliphatic carboxylic acids is 1. The van der Waals surface area contributed by atoms with Gasteiger partial charge >= 0.3 is 11.9 Å². The van der Waals surface area contributed by atoms with Crippen molar-refractivity contribution in [1.82, 2.24) is 10.2 Å². The minimum absolute atomic E-state index is 0.0675. The van der Waals surface area contributed by atoms with E-state index in [9.17, 15) is 9.59 Å². The number of nitrogens with zero attached hydrogens (tertiary/aromatic N) is 1. The molecule has 0 aliphatic carbocycles. The molecule has 0 saturated carbocycles. The number of ether oxygens (including phenoxy) is 1. The van der Waals surface area contributed by atoms with Gasteiger partial charge in [-0.15, -0.1) is 0 Å². The van der Waals surface area contributed by atoms with Gasteiger partial charge in [0, 0.05) is 12.5 Å². The molecule has 0 aromatic rings. The molecule has 0 fully saturated rings. The second-order valence-corrected chi connectivity index (χ2v) is 17.5. The number of carbonyl (C=O) groups excluding carboxylic acids is 1. The van der Waals surface area contributed by atoms with Crippen molar-refractivity contribution >= 4 is 11.9 Å². The third kappa shape index (κ3) is 35.3. The topological polar surface area (TPSA) is 78.9 Å². The second kappa shape index (κ2) is 40.1. The minimum Gasteiger partial charge on any atom is -0.481 e. The van der Waals surface area contributed by atoms with Crippen LogP contribution in [0.2, 0.25) is 0 Å². The Labute approximate surface area is 337 Å². The van der Waals surface area contributed by atoms with Crippen LogP contribution in [0.1, 0.15) is 240 Å². The summed E-state index contributed by atoms with van der Waals surface area (Å²) in [5, 5.41) is 12.7. The van der Waals surface area contributed by atoms with Crippen molar-refractivity contribution in [2.75, 3.05) is 33.8 Å². The zero-order valence-corrected chi connectivity index (χ0v) is 37.4. The van der Waals surface area contributed by atoms with Gasteiger partial charge in [0.2, 0.25) is 0 Å². The first-order valence-electron chi connectivity index (χ1n) is 24.0. The molecule has 0 bridgehead atoms. The number of carboxylic acid groups (broad SMARTS) is 1. The summed E-state index contributed by atoms with van der Waals surface area (Å²) in [6, 6.07) is 0.600. The van der Waals surface area contributed by atoms with Crippen molar-refractivity contribution in [2.24, 2.45) is 17.8 Å². The average Bonchev–Trinajstić information content (AvgIpc) is 3.15. The SMILES string of the molecule is CCCCCCC(CCCC)COC(=O)C(CCCCCCCC(CCCCCCCCC(=O)O)NCCCN(C)C)CC(CCCC)CCCCCC. The monoisotopic (exact) mass is 765 g/mol. The van der Waals surface area contributed by atoms with Crippen LogP contribution in [0.3, 0.4) is 0 Å². The predicted molar refractivity (Wildman–Crippen MR) is 234 cm³/mol. The fraction of sp³-hybridized carbons (Fsp3) is 0.958. The van der Waals surface area contributed by atoms with Gasteiger partial charge in [-0.25, -0.2) is 0 Å². The third-order valence-corrected chi connectivity index (χ3v) is 11.8. The molecule has 0 amide bonds. The number of nitrogens with one attached hydrogen (secondary N) is 1. The van der Waals surface area contributed by atoms with E-state index in [0.717, 1.165) is 51.6 Å². The molecular weight excluding hydrogens is 669 g/mol. The Bertz CT molecular complexity index is 806. The minimum atomic E-state index is -0.670. The van der Waals surface area contributed by atoms with Gasteiger partial charge in [0.15, 0.2) is 0 Å². The van der Waals surface area contributed by atoms with Gasteiger partial charge in [-0.3, -0.25) is 9.59 Å². The van der Waals surface area contributed by atoms with E-state index in [2.05, 4.69) is 52.0 Å². The molecule has 54 heavy (non-hydrogen) atoms. The van der Waals surface area contributed by atoms with Crippen molar-refractivity contribution in [3.8, 4) is 0 Å². The summed E-state index contributed by atoms with van der Waals surface area (Å²) in [4.78, 5) is 26.8. The smallest absolute Gasteiger partial charge is 0.308 e. The Balaban J connectivity index is 5.04. The number of hydrogen-bond acceptors (Lipinski definition) is 5. The van der Waals surface area contributed by atoms with E-state index in [1.807, 2.05) is 0 Å². The van der Waals surface area contributed by atoms with Crippen LogP contribution in [0.15, 0.2) is 0 Å². The zero-order chi connectivity index (χ0) is 39.9. The molecule has 0 spiro atoms. The molecule has 4 unspecified atom stereocenters. The highest BCUT2D eigenvalue weighted by Gasteiger charge is 2.25. The Morgan fingerprint density at radius 3 is 1.52 bits per heavy atom. The standard InChI is InChI=1S/C48H96N2O4/c1-7-11-15-24-33-43(31-13-9-3)41-45(48(53)54-42-44(32-14-10-4)34-25-16-12-8-2)35-26-20-19-22-28-37-46(49-39-30-40-50(5)6)36-27-21-17-18-23-29-38-47(51)52/h43-46,49H,7-42H2,1-6H3,(H,51,52). The summed E-state index contributed by atoms with van der Waals surface area (Å²) in [6.07, 6.45) is 39.3. The third-order valence-electron chi connectivity index (χ3n) is 11.8. The summed E-state index contributed by atoms with van der Waals surface area (Å²) < 4.78 is 6.25. The van der Waals surface area contributed by atoms with Crippen LogP contribution in [0.4, 0.5) is 0 Å². The Morgan fingerprint density at radius 2 is 0.981 bits per heavy atom. The average molecular weight is 765 g/mol. The van der Waals surface area contributed by atoms with Crippen LogP contribution in [0, 0.1) is 17.8 Å². The molecule has 0 aliphatic heterocycles. The van der Waals surface area contributed by atoms with Gasteiger partial charge < -0.3 is 20.1 Å². The van der Waals surface area contributed by atoms with Crippen LogP contribution < -0.4 is 5.32 Å². The highest BCUT2D eigenvalue weighted by molar-refractivity contribution is 5.72. The Morgan fingerprint density at radius 1 is 0.537 bits per heavy atom. The van der Waals surface area contributed by atoms with Crippen molar-refractivity contribution in [1.29, 1.82) is 0 Å². The molecule has 0 aromatic heterocycles. The fourth-order valence-corrected chi connectivity index (χ4v) is 8.18. The number of unbranched alkanes of at least 4 members (excludes halogenated alkanes) is 17. The molecule has 2 N–H and O–H groups in total. The number of esters is 1. The zero-order valence-electron chi connectivity index (χ0n) is 37.4. The van der Waals surface area contributed by atoms with Crippen LogP contribution in [0.5, 0.6) is 0 Å². The molecule has 0 saturated heterocycles. The molecule has 0 rings (SSSR count). The van der Waals surface area contributed by atoms with Crippen molar-refractivity contribution in [3.63, 3.8) is 0 Å². The quantitative estimate of drug-likeness (QED) is 0.0475. The fourth-order valence-electron chi connectivity index (χ4n) is 8.18. The van der Waals surface area contributed by atoms with E-state index in [4.69, 9.17) is 9.84 Å². The highest BCUT2D eigenvalue weighted by atomic mass is 16.5. The number of carboxylic acids is 1. The molecule has 0 heterocycles. The first-order valence-corrected chi connectivity index (χ1v) is 24.0. The molecular formula is C48H96N2O4. The maximum Gasteiger partial charge on any atom is 0.308 e. The van der Waals surface area contributed by atoms with Crippen LogP contribution >= 0.6 is 0 Å². The van der Waals surface area contributed by atoms with Gasteiger partial charge in [-0.2, -0.15) is 0 Å². The number of hydrogen-bond donors (Lipinski definition) is 2. The van der Waals surface area contributed by atoms with Crippen LogP contribution in [-0.4, -0.2) is 61.8 Å². The van der Waals surface area contributed by atoms with Crippen molar-refractivity contribution in [2.45, 2.75) is 246 Å². The molecule has 322 valence electrons. The molecule has 0 aliphatic rings. The van der Waals surface area contributed by atoms with Gasteiger partial charge in [-0.05, 0) is 90.4 Å². The first kappa shape index (κ1) is 52.9. The lowest BCUT2D eigenvalue weighted by molar-refractivity contribution is -0.151. The molecule has 6 nitrogen and oxygen atoms in total. The highest BCUT2D eigenvalue weighted by Crippen LogP contribution is 2.29. The van der Waals surface area contributed by atoms with Crippen molar-refractivity contribution in [3.05, 3.63) is 0 Å². The second-order valence-electron chi connectivity index (χ2n) is 17.5. The summed E-state index contributed by atoms with van der Waals surface area (Å²) in [5.41, 5.74) is 0. The van der Waals surface area contributed by atoms with E-state index in [1.165, 1.54) is 167 Å². The number of carbonyl (C=O) groups is 2. The van der Waals surface area contributed by atoms with Crippen molar-refractivity contribution < 1.29 is 19.4 Å². The lowest BCUT2D eigenvalue weighted by Gasteiger charge is -2.24. The van der Waals surface area contributed by atoms with Gasteiger partial charge in [0.05, 0.1) is 12.5 Å². The van der Waals surface area contributed by atoms with E-state index in [0.29, 0.717) is 30.9 Å². The molecule has 4 atom stereocenters. The lowest BCUT2D eigenvalue weighted by atomic mass is 9.84. The maximum atomic E-state index is 13.8. The van der Waals surface area contributed by atoms with Crippen LogP contribution in [0.25, 0.3) is 0 Å². The summed E-state index contributed by atoms with van der Waals surface area (Å²) in [7, 11) is 4.30. The summed E-state index contributed by atoms with van der Waals surface area (Å²) in [5.74, 6) is 0.694. The van der Waals surface area contributed by atoms with Crippen LogP contribution in [-0.2, 0) is 14.3 Å². The first-order chi connectivity index (χ1) is 26.3. The molecule has 6 heteroatoms. The molecule has 0 aromatic carbocycles. The van der Waals surface area contributed by atoms with E-state index in [1.54, 1.807) is 0 Å². The largest absolute Gasteiger partial charge is 0.481 e. The summed E-state index contributed by atoms with van der Waals surface area (Å²) in [6.45, 7) is 12.0. The number of rotatable bonds is 43. The van der Waals surface area contributed by atoms with Gasteiger partial charge in [0.25, 0.3) is 0 Å². The van der Waals surface area contributed by atoms with E-state index in [-0.39, 0.29) is 11.9 Å².